The number of likely N-dealkylation sites (tertiary alicyclic amines) is 1. The van der Waals surface area contributed by atoms with Crippen LogP contribution in [0.2, 0.25) is 0 Å². The Balaban J connectivity index is 2.53. The second-order valence-corrected chi connectivity index (χ2v) is 5.66. The lowest BCUT2D eigenvalue weighted by Crippen LogP contribution is -2.51. The molecule has 1 rings (SSSR count). The Morgan fingerprint density at radius 2 is 1.84 bits per heavy atom. The maximum absolute atomic E-state index is 11.9. The molecule has 3 amide bonds. The van der Waals surface area contributed by atoms with Crippen molar-refractivity contribution in [3.63, 3.8) is 0 Å². The van der Waals surface area contributed by atoms with Crippen molar-refractivity contribution in [1.29, 1.82) is 0 Å². The zero-order valence-corrected chi connectivity index (χ0v) is 11.3. The molecular weight excluding hydrogens is 250 g/mol. The summed E-state index contributed by atoms with van der Waals surface area (Å²) in [6.07, 6.45) is 1.34. The maximum atomic E-state index is 11.9. The van der Waals surface area contributed by atoms with E-state index in [1.165, 1.54) is 0 Å². The van der Waals surface area contributed by atoms with E-state index in [0.29, 0.717) is 13.1 Å². The third-order valence-electron chi connectivity index (χ3n) is 3.41. The van der Waals surface area contributed by atoms with Gasteiger partial charge in [0, 0.05) is 13.1 Å². The molecule has 4 N–H and O–H groups in total. The summed E-state index contributed by atoms with van der Waals surface area (Å²) in [6.45, 7) is 5.44. The third-order valence-corrected chi connectivity index (χ3v) is 3.41. The molecule has 0 aromatic rings. The molecule has 19 heavy (non-hydrogen) atoms. The first-order valence-corrected chi connectivity index (χ1v) is 6.28. The van der Waals surface area contributed by atoms with Crippen LogP contribution in [-0.2, 0) is 9.59 Å². The van der Waals surface area contributed by atoms with Crippen molar-refractivity contribution in [3.05, 3.63) is 0 Å². The number of hydrogen-bond donors (Lipinski definition) is 3. The highest BCUT2D eigenvalue weighted by Gasteiger charge is 2.30. The Morgan fingerprint density at radius 1 is 1.32 bits per heavy atom. The number of hydrogen-bond acceptors (Lipinski definition) is 3. The zero-order chi connectivity index (χ0) is 14.6. The lowest BCUT2D eigenvalue weighted by atomic mass is 9.83. The number of carbonyl (C=O) groups is 3. The van der Waals surface area contributed by atoms with Crippen molar-refractivity contribution >= 4 is 17.9 Å². The average molecular weight is 271 g/mol. The smallest absolute Gasteiger partial charge is 0.326 e. The first-order valence-electron chi connectivity index (χ1n) is 6.28. The first-order chi connectivity index (χ1) is 8.71. The fraction of sp³-hybridized carbons (Fsp3) is 0.750. The van der Waals surface area contributed by atoms with Gasteiger partial charge >= 0.3 is 12.0 Å². The number of nitrogens with one attached hydrogen (secondary N) is 1. The Morgan fingerprint density at radius 3 is 2.26 bits per heavy atom. The standard InChI is InChI=1S/C12H21N3O4/c1-12(2)3-5-15(6-4-12)11(19)14-8(10(17)18)7-9(13)16/h8H,3-7H2,1-2H3,(H2,13,16)(H,14,19)(H,17,18)/t8-/m0/s1. The second-order valence-electron chi connectivity index (χ2n) is 5.66. The molecule has 1 saturated heterocycles. The van der Waals surface area contributed by atoms with Crippen LogP contribution in [0.3, 0.4) is 0 Å². The number of nitrogens with zero attached hydrogens (tertiary/aromatic N) is 1. The molecule has 0 radical (unpaired) electrons. The minimum absolute atomic E-state index is 0.205. The summed E-state index contributed by atoms with van der Waals surface area (Å²) in [6, 6.07) is -1.72. The predicted molar refractivity (Wildman–Crippen MR) is 68.4 cm³/mol. The summed E-state index contributed by atoms with van der Waals surface area (Å²) in [5.74, 6) is -2.02. The van der Waals surface area contributed by atoms with Crippen LogP contribution >= 0.6 is 0 Å². The second kappa shape index (κ2) is 5.90. The Labute approximate surface area is 112 Å². The van der Waals surface area contributed by atoms with Gasteiger partial charge in [0.1, 0.15) is 6.04 Å². The van der Waals surface area contributed by atoms with Gasteiger partial charge in [0.05, 0.1) is 6.42 Å². The van der Waals surface area contributed by atoms with E-state index < -0.39 is 30.4 Å². The molecule has 0 aliphatic carbocycles. The van der Waals surface area contributed by atoms with Crippen molar-refractivity contribution in [2.24, 2.45) is 11.1 Å². The molecule has 0 aromatic carbocycles. The molecule has 0 saturated carbocycles. The van der Waals surface area contributed by atoms with Crippen LogP contribution in [-0.4, -0.2) is 47.0 Å². The van der Waals surface area contributed by atoms with Gasteiger partial charge in [-0.2, -0.15) is 0 Å². The molecule has 0 bridgehead atoms. The zero-order valence-electron chi connectivity index (χ0n) is 11.3. The van der Waals surface area contributed by atoms with Crippen LogP contribution in [0.4, 0.5) is 4.79 Å². The molecule has 0 spiro atoms. The quantitative estimate of drug-likeness (QED) is 0.675. The number of rotatable bonds is 4. The number of carboxylic acid groups (broad SMARTS) is 1. The van der Waals surface area contributed by atoms with E-state index in [1.807, 2.05) is 0 Å². The van der Waals surface area contributed by atoms with E-state index in [0.717, 1.165) is 12.8 Å². The van der Waals surface area contributed by atoms with Crippen molar-refractivity contribution < 1.29 is 19.5 Å². The summed E-state index contributed by atoms with van der Waals surface area (Å²) in [5, 5.41) is 11.2. The third kappa shape index (κ3) is 4.76. The summed E-state index contributed by atoms with van der Waals surface area (Å²) < 4.78 is 0. The molecule has 1 heterocycles. The van der Waals surface area contributed by atoms with Crippen molar-refractivity contribution in [1.82, 2.24) is 10.2 Å². The van der Waals surface area contributed by atoms with Gasteiger partial charge in [-0.15, -0.1) is 0 Å². The van der Waals surface area contributed by atoms with Gasteiger partial charge in [-0.3, -0.25) is 4.79 Å². The van der Waals surface area contributed by atoms with E-state index in [-0.39, 0.29) is 5.41 Å². The van der Waals surface area contributed by atoms with Crippen LogP contribution in [0.1, 0.15) is 33.1 Å². The van der Waals surface area contributed by atoms with E-state index in [9.17, 15) is 14.4 Å². The summed E-state index contributed by atoms with van der Waals surface area (Å²) >= 11 is 0. The van der Waals surface area contributed by atoms with Gasteiger partial charge in [-0.25, -0.2) is 9.59 Å². The molecule has 1 aliphatic heterocycles. The number of urea groups is 1. The number of aliphatic carboxylic acids is 1. The fourth-order valence-corrected chi connectivity index (χ4v) is 1.96. The highest BCUT2D eigenvalue weighted by molar-refractivity contribution is 5.87. The van der Waals surface area contributed by atoms with Gasteiger partial charge in [0.2, 0.25) is 5.91 Å². The van der Waals surface area contributed by atoms with E-state index in [4.69, 9.17) is 10.8 Å². The van der Waals surface area contributed by atoms with Crippen LogP contribution in [0.5, 0.6) is 0 Å². The number of carboxylic acids is 1. The number of amides is 3. The van der Waals surface area contributed by atoms with Crippen LogP contribution < -0.4 is 11.1 Å². The van der Waals surface area contributed by atoms with Gasteiger partial charge in [-0.1, -0.05) is 13.8 Å². The lowest BCUT2D eigenvalue weighted by molar-refractivity contribution is -0.141. The maximum Gasteiger partial charge on any atom is 0.326 e. The number of carbonyl (C=O) groups excluding carboxylic acids is 2. The minimum atomic E-state index is -1.26. The molecule has 7 heteroatoms. The predicted octanol–water partition coefficient (Wildman–Crippen LogP) is 0.147. The van der Waals surface area contributed by atoms with E-state index in [1.54, 1.807) is 4.90 Å². The van der Waals surface area contributed by atoms with Gasteiger partial charge in [-0.05, 0) is 18.3 Å². The minimum Gasteiger partial charge on any atom is -0.480 e. The number of primary amides is 1. The van der Waals surface area contributed by atoms with Gasteiger partial charge in [0.25, 0.3) is 0 Å². The molecule has 1 fully saturated rings. The number of piperidine rings is 1. The van der Waals surface area contributed by atoms with E-state index in [2.05, 4.69) is 19.2 Å². The molecule has 1 atom stereocenters. The molecule has 7 nitrogen and oxygen atoms in total. The topological polar surface area (TPSA) is 113 Å². The van der Waals surface area contributed by atoms with Gasteiger partial charge in [0.15, 0.2) is 0 Å². The Kier molecular flexibility index (Phi) is 4.74. The molecule has 0 aromatic heterocycles. The molecular formula is C12H21N3O4. The highest BCUT2D eigenvalue weighted by Crippen LogP contribution is 2.29. The normalized spacial score (nSPS) is 19.6. The van der Waals surface area contributed by atoms with Crippen molar-refractivity contribution in [2.45, 2.75) is 39.2 Å². The monoisotopic (exact) mass is 271 g/mol. The average Bonchev–Trinajstić information content (AvgIpc) is 2.27. The summed E-state index contributed by atoms with van der Waals surface area (Å²) in [4.78, 5) is 35.1. The van der Waals surface area contributed by atoms with Crippen LogP contribution in [0, 0.1) is 5.41 Å². The van der Waals surface area contributed by atoms with Crippen LogP contribution in [0.25, 0.3) is 0 Å². The molecule has 1 aliphatic rings. The molecule has 108 valence electrons. The SMILES string of the molecule is CC1(C)CCN(C(=O)N[C@@H](CC(N)=O)C(=O)O)CC1. The summed E-state index contributed by atoms with van der Waals surface area (Å²) in [5.41, 5.74) is 5.16. The van der Waals surface area contributed by atoms with Gasteiger partial charge < -0.3 is 21.1 Å². The van der Waals surface area contributed by atoms with Crippen molar-refractivity contribution in [3.8, 4) is 0 Å². The van der Waals surface area contributed by atoms with Crippen LogP contribution in [0.15, 0.2) is 0 Å². The fourth-order valence-electron chi connectivity index (χ4n) is 1.96. The lowest BCUT2D eigenvalue weighted by Gasteiger charge is -2.37. The molecule has 0 unspecified atom stereocenters. The summed E-state index contributed by atoms with van der Waals surface area (Å²) in [7, 11) is 0. The highest BCUT2D eigenvalue weighted by atomic mass is 16.4. The number of nitrogens with two attached hydrogens (primary N) is 1. The Bertz CT molecular complexity index is 371. The Hall–Kier alpha value is -1.79. The first kappa shape index (κ1) is 15.3. The van der Waals surface area contributed by atoms with Crippen molar-refractivity contribution in [2.75, 3.05) is 13.1 Å². The van der Waals surface area contributed by atoms with E-state index >= 15 is 0 Å². The largest absolute Gasteiger partial charge is 0.480 e.